The van der Waals surface area contributed by atoms with Crippen molar-refractivity contribution in [1.29, 1.82) is 0 Å². The maximum absolute atomic E-state index is 11.0. The van der Waals surface area contributed by atoms with E-state index in [9.17, 15) is 4.79 Å². The largest absolute Gasteiger partial charge is 0.340 e. The second kappa shape index (κ2) is 3.57. The van der Waals surface area contributed by atoms with Gasteiger partial charge < -0.3 is 10.2 Å². The first-order valence-electron chi connectivity index (χ1n) is 4.37. The van der Waals surface area contributed by atoms with E-state index in [2.05, 4.69) is 20.2 Å². The fourth-order valence-corrected chi connectivity index (χ4v) is 1.40. The Bertz CT molecular complexity index is 329. The molecule has 0 amide bonds. The van der Waals surface area contributed by atoms with E-state index in [4.69, 9.17) is 0 Å². The van der Waals surface area contributed by atoms with Gasteiger partial charge in [-0.25, -0.2) is 4.98 Å². The van der Waals surface area contributed by atoms with E-state index in [1.165, 1.54) is 12.3 Å². The van der Waals surface area contributed by atoms with E-state index >= 15 is 0 Å². The predicted octanol–water partition coefficient (Wildman–Crippen LogP) is -0.820. The molecule has 5 heteroatoms. The van der Waals surface area contributed by atoms with Crippen molar-refractivity contribution in [2.45, 2.75) is 0 Å². The van der Waals surface area contributed by atoms with E-state index in [1.54, 1.807) is 0 Å². The first kappa shape index (κ1) is 8.25. The van der Waals surface area contributed by atoms with Gasteiger partial charge in [0.1, 0.15) is 0 Å². The average molecular weight is 180 g/mol. The van der Waals surface area contributed by atoms with Crippen LogP contribution in [0.5, 0.6) is 0 Å². The maximum atomic E-state index is 11.0. The monoisotopic (exact) mass is 180 g/mol. The summed E-state index contributed by atoms with van der Waals surface area (Å²) in [6, 6.07) is 1.42. The normalized spacial score (nSPS) is 17.4. The van der Waals surface area contributed by atoms with Crippen molar-refractivity contribution < 1.29 is 0 Å². The van der Waals surface area contributed by atoms with Crippen LogP contribution in [0.15, 0.2) is 17.1 Å². The van der Waals surface area contributed by atoms with E-state index in [0.717, 1.165) is 26.2 Å². The molecule has 0 radical (unpaired) electrons. The van der Waals surface area contributed by atoms with Gasteiger partial charge in [0.05, 0.1) is 0 Å². The zero-order chi connectivity index (χ0) is 9.10. The summed E-state index contributed by atoms with van der Waals surface area (Å²) in [5.41, 5.74) is -0.0940. The third kappa shape index (κ3) is 1.86. The van der Waals surface area contributed by atoms with Crippen LogP contribution < -0.4 is 15.8 Å². The van der Waals surface area contributed by atoms with Crippen LogP contribution in [0, 0.1) is 0 Å². The minimum Gasteiger partial charge on any atom is -0.340 e. The van der Waals surface area contributed by atoms with Crippen molar-refractivity contribution in [3.63, 3.8) is 0 Å². The highest BCUT2D eigenvalue weighted by atomic mass is 16.1. The smallest absolute Gasteiger partial charge is 0.252 e. The second-order valence-corrected chi connectivity index (χ2v) is 2.99. The summed E-state index contributed by atoms with van der Waals surface area (Å²) in [5.74, 6) is 0.675. The highest BCUT2D eigenvalue weighted by Crippen LogP contribution is 2.03. The summed E-state index contributed by atoms with van der Waals surface area (Å²) in [6.45, 7) is 3.68. The molecular formula is C8H12N4O. The summed E-state index contributed by atoms with van der Waals surface area (Å²) < 4.78 is 0. The lowest BCUT2D eigenvalue weighted by molar-refractivity contribution is 0.579. The van der Waals surface area contributed by atoms with Gasteiger partial charge in [0.25, 0.3) is 5.56 Å². The molecule has 1 aromatic rings. The number of piperazine rings is 1. The van der Waals surface area contributed by atoms with Gasteiger partial charge >= 0.3 is 0 Å². The van der Waals surface area contributed by atoms with Crippen molar-refractivity contribution in [3.8, 4) is 0 Å². The van der Waals surface area contributed by atoms with E-state index in [1.807, 2.05) is 0 Å². The first-order valence-corrected chi connectivity index (χ1v) is 4.37. The number of hydrogen-bond acceptors (Lipinski definition) is 4. The molecule has 2 N–H and O–H groups in total. The van der Waals surface area contributed by atoms with E-state index in [-0.39, 0.29) is 5.56 Å². The number of nitrogens with zero attached hydrogens (tertiary/aromatic N) is 2. The lowest BCUT2D eigenvalue weighted by atomic mass is 10.4. The van der Waals surface area contributed by atoms with Crippen molar-refractivity contribution >= 4 is 5.95 Å². The Morgan fingerprint density at radius 1 is 1.38 bits per heavy atom. The number of hydrogen-bond donors (Lipinski definition) is 2. The van der Waals surface area contributed by atoms with Gasteiger partial charge in [-0.3, -0.25) is 9.78 Å². The van der Waals surface area contributed by atoms with Crippen LogP contribution in [-0.2, 0) is 0 Å². The SMILES string of the molecule is O=c1ccnc(N2CCNCC2)[nH]1. The van der Waals surface area contributed by atoms with Crippen LogP contribution >= 0.6 is 0 Å². The molecule has 0 unspecified atom stereocenters. The molecule has 0 spiro atoms. The van der Waals surface area contributed by atoms with Crippen molar-refractivity contribution in [1.82, 2.24) is 15.3 Å². The fraction of sp³-hybridized carbons (Fsp3) is 0.500. The lowest BCUT2D eigenvalue weighted by Gasteiger charge is -2.27. The maximum Gasteiger partial charge on any atom is 0.252 e. The molecule has 2 heterocycles. The van der Waals surface area contributed by atoms with Crippen LogP contribution in [0.1, 0.15) is 0 Å². The third-order valence-corrected chi connectivity index (χ3v) is 2.07. The standard InChI is InChI=1S/C8H12N4O/c13-7-1-2-10-8(11-7)12-5-3-9-4-6-12/h1-2,9H,3-6H2,(H,10,11,13). The zero-order valence-corrected chi connectivity index (χ0v) is 7.29. The number of H-pyrrole nitrogens is 1. The lowest BCUT2D eigenvalue weighted by Crippen LogP contribution is -2.44. The minimum absolute atomic E-state index is 0.0940. The van der Waals surface area contributed by atoms with Crippen LogP contribution in [0.3, 0.4) is 0 Å². The van der Waals surface area contributed by atoms with E-state index < -0.39 is 0 Å². The zero-order valence-electron chi connectivity index (χ0n) is 7.29. The van der Waals surface area contributed by atoms with Gasteiger partial charge in [-0.1, -0.05) is 0 Å². The Morgan fingerprint density at radius 3 is 2.85 bits per heavy atom. The average Bonchev–Trinajstić information content (AvgIpc) is 2.19. The number of aromatic nitrogens is 2. The number of nitrogens with one attached hydrogen (secondary N) is 2. The fourth-order valence-electron chi connectivity index (χ4n) is 1.40. The highest BCUT2D eigenvalue weighted by Gasteiger charge is 2.11. The number of aromatic amines is 1. The van der Waals surface area contributed by atoms with Crippen LogP contribution in [0.25, 0.3) is 0 Å². The molecule has 0 aliphatic carbocycles. The van der Waals surface area contributed by atoms with Gasteiger partial charge in [-0.05, 0) is 0 Å². The molecule has 1 fully saturated rings. The summed E-state index contributed by atoms with van der Waals surface area (Å²) in [4.78, 5) is 19.9. The molecule has 0 aromatic carbocycles. The van der Waals surface area contributed by atoms with Gasteiger partial charge in [-0.2, -0.15) is 0 Å². The summed E-state index contributed by atoms with van der Waals surface area (Å²) >= 11 is 0. The van der Waals surface area contributed by atoms with Crippen molar-refractivity contribution in [3.05, 3.63) is 22.6 Å². The molecule has 0 saturated carbocycles. The molecule has 1 saturated heterocycles. The Labute approximate surface area is 75.8 Å². The van der Waals surface area contributed by atoms with Gasteiger partial charge in [-0.15, -0.1) is 0 Å². The molecule has 1 aliphatic heterocycles. The third-order valence-electron chi connectivity index (χ3n) is 2.07. The topological polar surface area (TPSA) is 61.0 Å². The van der Waals surface area contributed by atoms with Crippen LogP contribution in [0.2, 0.25) is 0 Å². The van der Waals surface area contributed by atoms with Gasteiger partial charge in [0, 0.05) is 38.4 Å². The van der Waals surface area contributed by atoms with E-state index in [0.29, 0.717) is 5.95 Å². The Balaban J connectivity index is 2.19. The molecule has 5 nitrogen and oxygen atoms in total. The van der Waals surface area contributed by atoms with Crippen molar-refractivity contribution in [2.75, 3.05) is 31.1 Å². The quantitative estimate of drug-likeness (QED) is 0.592. The molecule has 0 bridgehead atoms. The Morgan fingerprint density at radius 2 is 2.15 bits per heavy atom. The molecular weight excluding hydrogens is 168 g/mol. The van der Waals surface area contributed by atoms with Crippen molar-refractivity contribution in [2.24, 2.45) is 0 Å². The molecule has 70 valence electrons. The Hall–Kier alpha value is -1.36. The Kier molecular flexibility index (Phi) is 2.27. The summed E-state index contributed by atoms with van der Waals surface area (Å²) in [5, 5.41) is 3.24. The summed E-state index contributed by atoms with van der Waals surface area (Å²) in [7, 11) is 0. The van der Waals surface area contributed by atoms with Crippen LogP contribution in [0.4, 0.5) is 5.95 Å². The van der Waals surface area contributed by atoms with Crippen LogP contribution in [-0.4, -0.2) is 36.1 Å². The molecule has 1 aromatic heterocycles. The minimum atomic E-state index is -0.0940. The second-order valence-electron chi connectivity index (χ2n) is 2.99. The predicted molar refractivity (Wildman–Crippen MR) is 49.9 cm³/mol. The summed E-state index contributed by atoms with van der Waals surface area (Å²) in [6.07, 6.45) is 1.54. The molecule has 1 aliphatic rings. The molecule has 2 rings (SSSR count). The van der Waals surface area contributed by atoms with Gasteiger partial charge in [0.2, 0.25) is 5.95 Å². The molecule has 13 heavy (non-hydrogen) atoms. The number of rotatable bonds is 1. The highest BCUT2D eigenvalue weighted by molar-refractivity contribution is 5.28. The first-order chi connectivity index (χ1) is 6.36. The number of anilines is 1. The van der Waals surface area contributed by atoms with Gasteiger partial charge in [0.15, 0.2) is 0 Å². The molecule has 0 atom stereocenters.